The monoisotopic (exact) mass is 1520 g/mol. The Morgan fingerprint density at radius 3 is 0.683 bits per heavy atom. The summed E-state index contributed by atoms with van der Waals surface area (Å²) < 4.78 is 68.8. The van der Waals surface area contributed by atoms with Crippen molar-refractivity contribution in [1.29, 1.82) is 0 Å². The van der Waals surface area contributed by atoms with Gasteiger partial charge in [-0.15, -0.1) is 0 Å². The molecule has 6 atom stereocenters. The lowest BCUT2D eigenvalue weighted by Crippen LogP contribution is -2.30. The van der Waals surface area contributed by atoms with Gasteiger partial charge in [-0.25, -0.2) is 9.13 Å². The summed E-state index contributed by atoms with van der Waals surface area (Å²) in [4.78, 5) is 73.1. The Labute approximate surface area is 638 Å². The molecule has 0 aromatic rings. The van der Waals surface area contributed by atoms with Crippen molar-refractivity contribution in [2.45, 2.75) is 477 Å². The minimum absolute atomic E-state index is 0.106. The molecule has 3 unspecified atom stereocenters. The van der Waals surface area contributed by atoms with Crippen LogP contribution in [0.4, 0.5) is 0 Å². The summed E-state index contributed by atoms with van der Waals surface area (Å²) in [5.41, 5.74) is 0. The predicted octanol–water partition coefficient (Wildman–Crippen LogP) is 26.0. The molecule has 618 valence electrons. The quantitative estimate of drug-likeness (QED) is 0.0222. The van der Waals surface area contributed by atoms with E-state index in [-0.39, 0.29) is 25.7 Å². The van der Waals surface area contributed by atoms with E-state index < -0.39 is 97.5 Å². The van der Waals surface area contributed by atoms with Crippen LogP contribution in [0.15, 0.2) is 0 Å². The van der Waals surface area contributed by atoms with E-state index in [4.69, 9.17) is 37.0 Å². The second-order valence-corrected chi connectivity index (χ2v) is 33.7. The average Bonchev–Trinajstić information content (AvgIpc) is 0.905. The summed E-state index contributed by atoms with van der Waals surface area (Å²) in [5.74, 6) is -1.34. The highest BCUT2D eigenvalue weighted by atomic mass is 31.2. The Bertz CT molecular complexity index is 1980. The molecule has 3 N–H and O–H groups in total. The highest BCUT2D eigenvalue weighted by Crippen LogP contribution is 2.45. The van der Waals surface area contributed by atoms with Crippen LogP contribution >= 0.6 is 15.6 Å². The molecular weight excluding hydrogens is 1350 g/mol. The Balaban J connectivity index is 5.17. The first-order chi connectivity index (χ1) is 50.6. The van der Waals surface area contributed by atoms with Crippen LogP contribution < -0.4 is 0 Å². The summed E-state index contributed by atoms with van der Waals surface area (Å²) in [6.45, 7) is 7.32. The van der Waals surface area contributed by atoms with E-state index in [1.807, 2.05) is 0 Å². The van der Waals surface area contributed by atoms with Crippen LogP contribution in [0.2, 0.25) is 0 Å². The van der Waals surface area contributed by atoms with Crippen molar-refractivity contribution in [1.82, 2.24) is 0 Å². The van der Waals surface area contributed by atoms with Crippen molar-refractivity contribution in [2.24, 2.45) is 5.92 Å². The third kappa shape index (κ3) is 76.8. The van der Waals surface area contributed by atoms with Crippen molar-refractivity contribution >= 4 is 39.5 Å². The first kappa shape index (κ1) is 102. The summed E-state index contributed by atoms with van der Waals surface area (Å²) in [7, 11) is -9.92. The third-order valence-corrected chi connectivity index (χ3v) is 22.3. The Morgan fingerprint density at radius 1 is 0.269 bits per heavy atom. The maximum Gasteiger partial charge on any atom is 0.472 e. The molecular formula is C85H166O17P2. The number of carbonyl (C=O) groups is 4. The number of phosphoric acid groups is 2. The molecule has 0 aliphatic rings. The number of hydrogen-bond acceptors (Lipinski definition) is 15. The summed E-state index contributed by atoms with van der Waals surface area (Å²) >= 11 is 0. The number of unbranched alkanes of at least 4 members (excludes halogenated alkanes) is 56. The van der Waals surface area contributed by atoms with Crippen molar-refractivity contribution in [3.8, 4) is 0 Å². The van der Waals surface area contributed by atoms with Gasteiger partial charge in [-0.05, 0) is 31.6 Å². The molecule has 0 aromatic carbocycles. The fraction of sp³-hybridized carbons (Fsp3) is 0.953. The molecule has 0 fully saturated rings. The minimum atomic E-state index is -4.96. The number of aliphatic hydroxyl groups is 1. The van der Waals surface area contributed by atoms with E-state index in [2.05, 4.69) is 34.6 Å². The fourth-order valence-corrected chi connectivity index (χ4v) is 14.8. The molecule has 0 spiro atoms. The average molecular weight is 1520 g/mol. The zero-order valence-corrected chi connectivity index (χ0v) is 70.0. The van der Waals surface area contributed by atoms with Crippen molar-refractivity contribution in [3.05, 3.63) is 0 Å². The van der Waals surface area contributed by atoms with Crippen molar-refractivity contribution in [3.63, 3.8) is 0 Å². The molecule has 0 bridgehead atoms. The molecule has 0 aliphatic carbocycles. The van der Waals surface area contributed by atoms with Gasteiger partial charge in [0.2, 0.25) is 0 Å². The lowest BCUT2D eigenvalue weighted by Gasteiger charge is -2.21. The third-order valence-electron chi connectivity index (χ3n) is 20.4. The van der Waals surface area contributed by atoms with Gasteiger partial charge < -0.3 is 33.8 Å². The van der Waals surface area contributed by atoms with E-state index in [0.29, 0.717) is 25.7 Å². The second-order valence-electron chi connectivity index (χ2n) is 30.8. The Kier molecular flexibility index (Phi) is 76.3. The van der Waals surface area contributed by atoms with E-state index >= 15 is 0 Å². The van der Waals surface area contributed by atoms with Crippen LogP contribution in [0.5, 0.6) is 0 Å². The Hall–Kier alpha value is -1.94. The van der Waals surface area contributed by atoms with Gasteiger partial charge in [-0.3, -0.25) is 37.3 Å². The van der Waals surface area contributed by atoms with E-state index in [0.717, 1.165) is 95.8 Å². The van der Waals surface area contributed by atoms with Crippen LogP contribution in [0.1, 0.15) is 458 Å². The highest BCUT2D eigenvalue weighted by Gasteiger charge is 2.30. The molecule has 0 aromatic heterocycles. The van der Waals surface area contributed by atoms with Crippen LogP contribution in [0.3, 0.4) is 0 Å². The van der Waals surface area contributed by atoms with E-state index in [9.17, 15) is 43.2 Å². The maximum atomic E-state index is 13.1. The molecule has 0 saturated heterocycles. The zero-order chi connectivity index (χ0) is 76.2. The molecule has 0 saturated carbocycles. The molecule has 0 amide bonds. The lowest BCUT2D eigenvalue weighted by molar-refractivity contribution is -0.161. The smallest absolute Gasteiger partial charge is 0.462 e. The van der Waals surface area contributed by atoms with Gasteiger partial charge in [0, 0.05) is 25.7 Å². The standard InChI is InChI=1S/C85H166O17P2/c1-6-10-13-16-19-22-24-26-28-30-32-34-36-38-40-42-44-46-49-55-60-65-70-84(89)101-80(75-96-83(88)69-64-59-54-48-45-43-41-39-37-35-33-31-29-27-25-23-20-17-14-11-7-2)76-99-103(91,92)97-72-79(86)73-98-104(93,94)100-77-81(74-95-82(87)68-63-58-53-47-21-18-15-12-8-3)102-85(90)71-66-61-56-51-50-52-57-62-67-78(5)9-4/h78-81,86H,6-77H2,1-5H3,(H,91,92)(H,93,94)/t78?,79-,80-,81-/m1/s1. The van der Waals surface area contributed by atoms with Gasteiger partial charge in [0.25, 0.3) is 0 Å². The van der Waals surface area contributed by atoms with Crippen molar-refractivity contribution in [2.75, 3.05) is 39.6 Å². The first-order valence-corrected chi connectivity index (χ1v) is 47.2. The van der Waals surface area contributed by atoms with Crippen LogP contribution in [0.25, 0.3) is 0 Å². The number of carbonyl (C=O) groups excluding carboxylic acids is 4. The lowest BCUT2D eigenvalue weighted by atomic mass is 9.99. The van der Waals surface area contributed by atoms with Gasteiger partial charge >= 0.3 is 39.5 Å². The van der Waals surface area contributed by atoms with E-state index in [1.54, 1.807) is 0 Å². The molecule has 0 rings (SSSR count). The van der Waals surface area contributed by atoms with Gasteiger partial charge in [0.1, 0.15) is 19.3 Å². The van der Waals surface area contributed by atoms with Crippen LogP contribution in [-0.2, 0) is 65.4 Å². The largest absolute Gasteiger partial charge is 0.472 e. The number of esters is 4. The molecule has 19 heteroatoms. The summed E-state index contributed by atoms with van der Waals surface area (Å²) in [6.07, 6.45) is 71.1. The van der Waals surface area contributed by atoms with Gasteiger partial charge in [0.05, 0.1) is 26.4 Å². The topological polar surface area (TPSA) is 237 Å². The van der Waals surface area contributed by atoms with Crippen LogP contribution in [-0.4, -0.2) is 96.7 Å². The number of aliphatic hydroxyl groups excluding tert-OH is 1. The molecule has 0 radical (unpaired) electrons. The summed E-state index contributed by atoms with van der Waals surface area (Å²) in [6, 6.07) is 0. The normalized spacial score (nSPS) is 14.0. The van der Waals surface area contributed by atoms with Gasteiger partial charge in [0.15, 0.2) is 12.2 Å². The Morgan fingerprint density at radius 2 is 0.462 bits per heavy atom. The molecule has 0 heterocycles. The number of hydrogen-bond donors (Lipinski definition) is 3. The predicted molar refractivity (Wildman–Crippen MR) is 428 cm³/mol. The minimum Gasteiger partial charge on any atom is -0.462 e. The maximum absolute atomic E-state index is 13.1. The summed E-state index contributed by atoms with van der Waals surface area (Å²) in [5, 5.41) is 10.7. The molecule has 104 heavy (non-hydrogen) atoms. The fourth-order valence-electron chi connectivity index (χ4n) is 13.3. The number of rotatable bonds is 85. The first-order valence-electron chi connectivity index (χ1n) is 44.2. The SMILES string of the molecule is CCCCCCCCCCCCCCCCCCCCCCCCC(=O)O[C@H](COC(=O)CCCCCCCCCCCCCCCCCCCCCCC)COP(=O)(O)OC[C@@H](O)COP(=O)(O)OC[C@@H](COC(=O)CCCCCCCCCCC)OC(=O)CCCCCCCCCCC(C)CC. The van der Waals surface area contributed by atoms with Crippen molar-refractivity contribution < 1.29 is 80.2 Å². The number of phosphoric ester groups is 2. The van der Waals surface area contributed by atoms with Gasteiger partial charge in [-0.1, -0.05) is 407 Å². The number of ether oxygens (including phenoxy) is 4. The van der Waals surface area contributed by atoms with E-state index in [1.165, 1.54) is 283 Å². The van der Waals surface area contributed by atoms with Gasteiger partial charge in [-0.2, -0.15) is 0 Å². The molecule has 17 nitrogen and oxygen atoms in total. The molecule has 0 aliphatic heterocycles. The van der Waals surface area contributed by atoms with Crippen LogP contribution in [0, 0.1) is 5.92 Å². The zero-order valence-electron chi connectivity index (χ0n) is 68.2. The second kappa shape index (κ2) is 77.8. The highest BCUT2D eigenvalue weighted by molar-refractivity contribution is 7.47.